The van der Waals surface area contributed by atoms with Crippen LogP contribution >= 0.6 is 0 Å². The largest absolute Gasteiger partial charge is 0.481 e. The van der Waals surface area contributed by atoms with E-state index in [1.807, 2.05) is 0 Å². The van der Waals surface area contributed by atoms with Crippen LogP contribution in [0.4, 0.5) is 0 Å². The fraction of sp³-hybridized carbons (Fsp3) is 0.778. The molecule has 13 heavy (non-hydrogen) atoms. The van der Waals surface area contributed by atoms with Gasteiger partial charge in [-0.1, -0.05) is 0 Å². The molecule has 0 heterocycles. The highest BCUT2D eigenvalue weighted by Crippen LogP contribution is 2.34. The number of hydrogen-bond acceptors (Lipinski definition) is 2. The van der Waals surface area contributed by atoms with Crippen molar-refractivity contribution in [1.82, 2.24) is 0 Å². The summed E-state index contributed by atoms with van der Waals surface area (Å²) in [6, 6.07) is 0. The molecule has 4 nitrogen and oxygen atoms in total. The summed E-state index contributed by atoms with van der Waals surface area (Å²) in [4.78, 5) is 20.7. The van der Waals surface area contributed by atoms with E-state index in [0.29, 0.717) is 0 Å². The predicted octanol–water partition coefficient (Wildman–Crippen LogP) is 1.35. The molecule has 0 aromatic heterocycles. The number of carboxylic acid groups (broad SMARTS) is 2. The lowest BCUT2D eigenvalue weighted by atomic mass is 10.00. The SMILES string of the molecule is O=C(O)CC1CCC(CC(=O)O)C1. The second-order valence-electron chi connectivity index (χ2n) is 3.74. The Morgan fingerprint density at radius 3 is 1.69 bits per heavy atom. The molecule has 0 bridgehead atoms. The van der Waals surface area contributed by atoms with Crippen molar-refractivity contribution in [2.45, 2.75) is 32.1 Å². The Bertz CT molecular complexity index is 190. The van der Waals surface area contributed by atoms with Gasteiger partial charge in [-0.3, -0.25) is 9.59 Å². The van der Waals surface area contributed by atoms with Crippen LogP contribution < -0.4 is 0 Å². The number of hydrogen-bond donors (Lipinski definition) is 2. The van der Waals surface area contributed by atoms with Crippen LogP contribution in [0.5, 0.6) is 0 Å². The summed E-state index contributed by atoms with van der Waals surface area (Å²) in [5.74, 6) is -1.16. The lowest BCUT2D eigenvalue weighted by Crippen LogP contribution is -2.07. The molecule has 4 heteroatoms. The molecule has 0 amide bonds. The molecule has 0 aromatic rings. The van der Waals surface area contributed by atoms with Gasteiger partial charge >= 0.3 is 11.9 Å². The molecule has 1 fully saturated rings. The summed E-state index contributed by atoms with van der Waals surface area (Å²) in [7, 11) is 0. The summed E-state index contributed by atoms with van der Waals surface area (Å²) in [6.45, 7) is 0. The molecule has 0 aliphatic heterocycles. The van der Waals surface area contributed by atoms with Crippen molar-refractivity contribution in [3.63, 3.8) is 0 Å². The third-order valence-corrected chi connectivity index (χ3v) is 2.58. The van der Waals surface area contributed by atoms with Crippen LogP contribution in [0.15, 0.2) is 0 Å². The highest BCUT2D eigenvalue weighted by Gasteiger charge is 2.27. The van der Waals surface area contributed by atoms with E-state index in [1.165, 1.54) is 0 Å². The van der Waals surface area contributed by atoms with Gasteiger partial charge in [0.2, 0.25) is 0 Å². The topological polar surface area (TPSA) is 74.6 Å². The van der Waals surface area contributed by atoms with Gasteiger partial charge in [-0.15, -0.1) is 0 Å². The number of rotatable bonds is 4. The average molecular weight is 186 g/mol. The molecule has 0 saturated heterocycles. The normalized spacial score (nSPS) is 27.4. The van der Waals surface area contributed by atoms with Crippen LogP contribution in [0.2, 0.25) is 0 Å². The maximum atomic E-state index is 10.4. The Hall–Kier alpha value is -1.06. The molecule has 1 aliphatic carbocycles. The van der Waals surface area contributed by atoms with Crippen molar-refractivity contribution in [1.29, 1.82) is 0 Å². The average Bonchev–Trinajstić information content (AvgIpc) is 2.33. The fourth-order valence-corrected chi connectivity index (χ4v) is 2.04. The van der Waals surface area contributed by atoms with Gasteiger partial charge in [-0.25, -0.2) is 0 Å². The monoisotopic (exact) mass is 186 g/mol. The molecule has 0 spiro atoms. The first-order chi connectivity index (χ1) is 6.08. The number of carboxylic acids is 2. The minimum atomic E-state index is -0.777. The van der Waals surface area contributed by atoms with E-state index in [-0.39, 0.29) is 24.7 Å². The summed E-state index contributed by atoms with van der Waals surface area (Å²) < 4.78 is 0. The lowest BCUT2D eigenvalue weighted by Gasteiger charge is -2.06. The molecule has 2 atom stereocenters. The first-order valence-corrected chi connectivity index (χ1v) is 4.51. The fourth-order valence-electron chi connectivity index (χ4n) is 2.04. The molecular weight excluding hydrogens is 172 g/mol. The Morgan fingerprint density at radius 1 is 1.00 bits per heavy atom. The summed E-state index contributed by atoms with van der Waals surface area (Å²) >= 11 is 0. The molecule has 2 unspecified atom stereocenters. The minimum Gasteiger partial charge on any atom is -0.481 e. The highest BCUT2D eigenvalue weighted by atomic mass is 16.4. The van der Waals surface area contributed by atoms with E-state index in [9.17, 15) is 9.59 Å². The van der Waals surface area contributed by atoms with Crippen LogP contribution in [0.3, 0.4) is 0 Å². The van der Waals surface area contributed by atoms with Gasteiger partial charge in [0.05, 0.1) is 0 Å². The maximum absolute atomic E-state index is 10.4. The second kappa shape index (κ2) is 4.25. The molecule has 74 valence electrons. The van der Waals surface area contributed by atoms with Crippen LogP contribution in [0.25, 0.3) is 0 Å². The van der Waals surface area contributed by atoms with E-state index in [2.05, 4.69) is 0 Å². The zero-order chi connectivity index (χ0) is 9.84. The number of carbonyl (C=O) groups is 2. The first kappa shape index (κ1) is 10.0. The summed E-state index contributed by atoms with van der Waals surface area (Å²) in [6.07, 6.45) is 2.87. The summed E-state index contributed by atoms with van der Waals surface area (Å²) in [5.41, 5.74) is 0. The van der Waals surface area contributed by atoms with Crippen molar-refractivity contribution in [3.8, 4) is 0 Å². The quantitative estimate of drug-likeness (QED) is 0.695. The molecule has 1 saturated carbocycles. The van der Waals surface area contributed by atoms with Gasteiger partial charge in [0, 0.05) is 12.8 Å². The van der Waals surface area contributed by atoms with Gasteiger partial charge in [0.25, 0.3) is 0 Å². The van der Waals surface area contributed by atoms with Crippen LogP contribution in [0, 0.1) is 11.8 Å². The maximum Gasteiger partial charge on any atom is 0.303 e. The van der Waals surface area contributed by atoms with Gasteiger partial charge < -0.3 is 10.2 Å². The predicted molar refractivity (Wildman–Crippen MR) is 45.3 cm³/mol. The molecule has 0 radical (unpaired) electrons. The van der Waals surface area contributed by atoms with Gasteiger partial charge in [-0.05, 0) is 31.1 Å². The second-order valence-corrected chi connectivity index (χ2v) is 3.74. The van der Waals surface area contributed by atoms with Crippen LogP contribution in [0.1, 0.15) is 32.1 Å². The molecule has 0 aromatic carbocycles. The summed E-state index contributed by atoms with van der Waals surface area (Å²) in [5, 5.41) is 17.1. The van der Waals surface area contributed by atoms with Crippen molar-refractivity contribution >= 4 is 11.9 Å². The Balaban J connectivity index is 2.27. The molecule has 1 aliphatic rings. The van der Waals surface area contributed by atoms with Crippen molar-refractivity contribution in [3.05, 3.63) is 0 Å². The van der Waals surface area contributed by atoms with E-state index < -0.39 is 11.9 Å². The third-order valence-electron chi connectivity index (χ3n) is 2.58. The van der Waals surface area contributed by atoms with E-state index >= 15 is 0 Å². The van der Waals surface area contributed by atoms with E-state index in [4.69, 9.17) is 10.2 Å². The number of aliphatic carboxylic acids is 2. The van der Waals surface area contributed by atoms with Crippen LogP contribution in [-0.2, 0) is 9.59 Å². The first-order valence-electron chi connectivity index (χ1n) is 4.51. The van der Waals surface area contributed by atoms with Crippen molar-refractivity contribution in [2.24, 2.45) is 11.8 Å². The van der Waals surface area contributed by atoms with Gasteiger partial charge in [-0.2, -0.15) is 0 Å². The molecule has 1 rings (SSSR count). The molecular formula is C9H14O4. The minimum absolute atomic E-state index is 0.191. The smallest absolute Gasteiger partial charge is 0.303 e. The lowest BCUT2D eigenvalue weighted by molar-refractivity contribution is -0.138. The standard InChI is InChI=1S/C9H14O4/c10-8(11)4-6-1-2-7(3-6)5-9(12)13/h6-7H,1-5H2,(H,10,11)(H,12,13). The Labute approximate surface area is 76.6 Å². The third kappa shape index (κ3) is 3.44. The Morgan fingerprint density at radius 2 is 1.38 bits per heavy atom. The van der Waals surface area contributed by atoms with Crippen molar-refractivity contribution in [2.75, 3.05) is 0 Å². The van der Waals surface area contributed by atoms with Crippen LogP contribution in [-0.4, -0.2) is 22.2 Å². The van der Waals surface area contributed by atoms with E-state index in [1.54, 1.807) is 0 Å². The Kier molecular flexibility index (Phi) is 3.28. The zero-order valence-corrected chi connectivity index (χ0v) is 7.40. The van der Waals surface area contributed by atoms with Gasteiger partial charge in [0.15, 0.2) is 0 Å². The highest BCUT2D eigenvalue weighted by molar-refractivity contribution is 5.68. The van der Waals surface area contributed by atoms with Gasteiger partial charge in [0.1, 0.15) is 0 Å². The zero-order valence-electron chi connectivity index (χ0n) is 7.40. The van der Waals surface area contributed by atoms with Crippen molar-refractivity contribution < 1.29 is 19.8 Å². The molecule has 2 N–H and O–H groups in total. The van der Waals surface area contributed by atoms with E-state index in [0.717, 1.165) is 19.3 Å².